The monoisotopic (exact) mass is 395 g/mol. The summed E-state index contributed by atoms with van der Waals surface area (Å²) in [5.74, 6) is -0.506. The molecule has 1 fully saturated rings. The van der Waals surface area contributed by atoms with E-state index in [1.165, 1.54) is 4.31 Å². The maximum absolute atomic E-state index is 12.4. The first kappa shape index (κ1) is 21.6. The first-order valence-electron chi connectivity index (χ1n) is 9.33. The van der Waals surface area contributed by atoms with Crippen LogP contribution in [0.25, 0.3) is 0 Å². The summed E-state index contributed by atoms with van der Waals surface area (Å²) in [7, 11) is -3.20. The summed E-state index contributed by atoms with van der Waals surface area (Å²) in [5, 5.41) is 0. The van der Waals surface area contributed by atoms with Gasteiger partial charge in [-0.3, -0.25) is 9.59 Å². The Morgan fingerprint density at radius 1 is 1.15 bits per heavy atom. The van der Waals surface area contributed by atoms with Crippen molar-refractivity contribution < 1.29 is 22.7 Å². The van der Waals surface area contributed by atoms with Gasteiger partial charge in [-0.05, 0) is 69.7 Å². The number of esters is 1. The van der Waals surface area contributed by atoms with Crippen molar-refractivity contribution in [1.29, 1.82) is 0 Å². The Bertz CT molecular complexity index is 836. The number of hydrogen-bond donors (Lipinski definition) is 0. The Kier molecular flexibility index (Phi) is 6.81. The van der Waals surface area contributed by atoms with Crippen LogP contribution in [-0.4, -0.2) is 43.3 Å². The van der Waals surface area contributed by atoms with E-state index in [9.17, 15) is 18.0 Å². The molecular weight excluding hydrogens is 366 g/mol. The molecule has 150 valence electrons. The van der Waals surface area contributed by atoms with Crippen LogP contribution in [0.5, 0.6) is 0 Å². The second-order valence-corrected chi connectivity index (χ2v) is 9.48. The van der Waals surface area contributed by atoms with Crippen LogP contribution < -0.4 is 0 Å². The van der Waals surface area contributed by atoms with Gasteiger partial charge in [-0.25, -0.2) is 12.7 Å². The summed E-state index contributed by atoms with van der Waals surface area (Å²) >= 11 is 0. The van der Waals surface area contributed by atoms with Gasteiger partial charge >= 0.3 is 5.97 Å². The second kappa shape index (κ2) is 8.52. The van der Waals surface area contributed by atoms with E-state index in [1.54, 1.807) is 13.8 Å². The fourth-order valence-electron chi connectivity index (χ4n) is 3.80. The highest BCUT2D eigenvalue weighted by Gasteiger charge is 2.31. The molecule has 0 N–H and O–H groups in total. The summed E-state index contributed by atoms with van der Waals surface area (Å²) < 4.78 is 30.8. The van der Waals surface area contributed by atoms with E-state index in [1.807, 2.05) is 26.8 Å². The van der Waals surface area contributed by atoms with Crippen molar-refractivity contribution >= 4 is 21.8 Å². The molecule has 27 heavy (non-hydrogen) atoms. The summed E-state index contributed by atoms with van der Waals surface area (Å²) in [4.78, 5) is 24.4. The van der Waals surface area contributed by atoms with Gasteiger partial charge in [0, 0.05) is 18.7 Å². The summed E-state index contributed by atoms with van der Waals surface area (Å²) in [6.07, 6.45) is 0.950. The predicted octanol–water partition coefficient (Wildman–Crippen LogP) is 2.92. The maximum atomic E-state index is 12.4. The highest BCUT2D eigenvalue weighted by atomic mass is 32.2. The molecule has 1 saturated heterocycles. The van der Waals surface area contributed by atoms with Gasteiger partial charge in [-0.2, -0.15) is 0 Å². The fourth-order valence-corrected chi connectivity index (χ4v) is 4.94. The summed E-state index contributed by atoms with van der Waals surface area (Å²) in [5.41, 5.74) is 4.33. The van der Waals surface area contributed by atoms with Crippen molar-refractivity contribution in [3.05, 3.63) is 33.9 Å². The van der Waals surface area contributed by atoms with Crippen LogP contribution in [0.1, 0.15) is 59.3 Å². The molecule has 2 rings (SSSR count). The minimum Gasteiger partial charge on any atom is -0.461 e. The third-order valence-electron chi connectivity index (χ3n) is 5.39. The second-order valence-electron chi connectivity index (χ2n) is 7.23. The Morgan fingerprint density at radius 3 is 2.26 bits per heavy atom. The normalized spacial score (nSPS) is 16.3. The number of nitrogens with zero attached hydrogens (tertiary/aromatic N) is 1. The first-order chi connectivity index (χ1) is 12.6. The lowest BCUT2D eigenvalue weighted by atomic mass is 9.92. The van der Waals surface area contributed by atoms with Crippen LogP contribution >= 0.6 is 0 Å². The number of aryl methyl sites for hydroxylation is 2. The number of ether oxygens (including phenoxy) is 1. The van der Waals surface area contributed by atoms with E-state index < -0.39 is 10.0 Å². The fraction of sp³-hybridized carbons (Fsp3) is 0.600. The van der Waals surface area contributed by atoms with Crippen molar-refractivity contribution in [2.45, 2.75) is 54.1 Å². The number of carbonyl (C=O) groups is 2. The van der Waals surface area contributed by atoms with Crippen LogP contribution in [0.2, 0.25) is 0 Å². The number of rotatable bonds is 6. The van der Waals surface area contributed by atoms with Crippen LogP contribution in [-0.2, 0) is 26.2 Å². The predicted molar refractivity (Wildman–Crippen MR) is 104 cm³/mol. The zero-order chi connectivity index (χ0) is 20.4. The smallest absolute Gasteiger partial charge is 0.309 e. The molecule has 0 saturated carbocycles. The minimum absolute atomic E-state index is 0.00193. The van der Waals surface area contributed by atoms with Gasteiger partial charge in [0.1, 0.15) is 6.61 Å². The van der Waals surface area contributed by atoms with Crippen LogP contribution in [0, 0.1) is 26.7 Å². The van der Waals surface area contributed by atoms with Gasteiger partial charge in [0.15, 0.2) is 5.78 Å². The SMILES string of the molecule is CCS(=O)(=O)N1CCC(C(=O)OCc2c(C)cc(C)c(C(C)=O)c2C)CC1. The molecule has 0 radical (unpaired) electrons. The first-order valence-corrected chi connectivity index (χ1v) is 10.9. The lowest BCUT2D eigenvalue weighted by Gasteiger charge is -2.29. The standard InChI is InChI=1S/C20H29NO5S/c1-6-27(24,25)21-9-7-17(8-10-21)20(23)26-12-18-13(2)11-14(3)19(15(18)4)16(5)22/h11,17H,6-10,12H2,1-5H3. The molecule has 0 spiro atoms. The average molecular weight is 396 g/mol. The molecule has 1 aromatic rings. The van der Waals surface area contributed by atoms with E-state index >= 15 is 0 Å². The number of piperidine rings is 1. The molecule has 1 aliphatic heterocycles. The Labute approximate surface area is 161 Å². The van der Waals surface area contributed by atoms with E-state index in [-0.39, 0.29) is 30.0 Å². The molecule has 0 amide bonds. The molecule has 0 atom stereocenters. The van der Waals surface area contributed by atoms with Crippen LogP contribution in [0.4, 0.5) is 0 Å². The molecule has 0 bridgehead atoms. The highest BCUT2D eigenvalue weighted by Crippen LogP contribution is 2.25. The number of Topliss-reactive ketones (excluding diaryl/α,β-unsaturated/α-hetero) is 1. The molecule has 1 heterocycles. The zero-order valence-corrected chi connectivity index (χ0v) is 17.6. The lowest BCUT2D eigenvalue weighted by molar-refractivity contribution is -0.151. The molecule has 0 aromatic heterocycles. The van der Waals surface area contributed by atoms with Gasteiger partial charge < -0.3 is 4.74 Å². The van der Waals surface area contributed by atoms with Gasteiger partial charge in [0.2, 0.25) is 10.0 Å². The Hall–Kier alpha value is -1.73. The lowest BCUT2D eigenvalue weighted by Crippen LogP contribution is -2.41. The van der Waals surface area contributed by atoms with Gasteiger partial charge in [0.05, 0.1) is 11.7 Å². The molecule has 6 nitrogen and oxygen atoms in total. The Balaban J connectivity index is 2.03. The molecular formula is C20H29NO5S. The van der Waals surface area contributed by atoms with Crippen LogP contribution in [0.15, 0.2) is 6.07 Å². The number of benzene rings is 1. The van der Waals surface area contributed by atoms with E-state index in [0.29, 0.717) is 31.5 Å². The molecule has 0 unspecified atom stereocenters. The average Bonchev–Trinajstić information content (AvgIpc) is 2.60. The summed E-state index contributed by atoms with van der Waals surface area (Å²) in [6.45, 7) is 9.74. The van der Waals surface area contributed by atoms with Gasteiger partial charge in [0.25, 0.3) is 0 Å². The van der Waals surface area contributed by atoms with Crippen LogP contribution in [0.3, 0.4) is 0 Å². The minimum atomic E-state index is -3.20. The number of carbonyl (C=O) groups excluding carboxylic acids is 2. The quantitative estimate of drug-likeness (QED) is 0.546. The summed E-state index contributed by atoms with van der Waals surface area (Å²) in [6, 6.07) is 1.95. The number of hydrogen-bond acceptors (Lipinski definition) is 5. The Morgan fingerprint density at radius 2 is 1.74 bits per heavy atom. The van der Waals surface area contributed by atoms with E-state index in [4.69, 9.17) is 4.74 Å². The van der Waals surface area contributed by atoms with Crippen molar-refractivity contribution in [2.75, 3.05) is 18.8 Å². The molecule has 1 aromatic carbocycles. The van der Waals surface area contributed by atoms with Gasteiger partial charge in [-0.15, -0.1) is 0 Å². The maximum Gasteiger partial charge on any atom is 0.309 e. The molecule has 1 aliphatic rings. The molecule has 7 heteroatoms. The number of ketones is 1. The third-order valence-corrected chi connectivity index (χ3v) is 7.27. The van der Waals surface area contributed by atoms with Crippen molar-refractivity contribution in [3.8, 4) is 0 Å². The van der Waals surface area contributed by atoms with Crippen molar-refractivity contribution in [3.63, 3.8) is 0 Å². The highest BCUT2D eigenvalue weighted by molar-refractivity contribution is 7.89. The zero-order valence-electron chi connectivity index (χ0n) is 16.8. The topological polar surface area (TPSA) is 80.8 Å². The van der Waals surface area contributed by atoms with Crippen molar-refractivity contribution in [1.82, 2.24) is 4.31 Å². The third kappa shape index (κ3) is 4.76. The van der Waals surface area contributed by atoms with Gasteiger partial charge in [-0.1, -0.05) is 6.07 Å². The largest absolute Gasteiger partial charge is 0.461 e. The van der Waals surface area contributed by atoms with Crippen molar-refractivity contribution in [2.24, 2.45) is 5.92 Å². The van der Waals surface area contributed by atoms with E-state index in [0.717, 1.165) is 22.3 Å². The number of sulfonamides is 1. The molecule has 0 aliphatic carbocycles. The van der Waals surface area contributed by atoms with E-state index in [2.05, 4.69) is 0 Å².